The molecule has 1 amide bonds. The summed E-state index contributed by atoms with van der Waals surface area (Å²) in [5.41, 5.74) is 2.34. The zero-order chi connectivity index (χ0) is 14.4. The average molecular weight is 402 g/mol. The Morgan fingerprint density at radius 2 is 2.05 bits per heavy atom. The van der Waals surface area contributed by atoms with Gasteiger partial charge in [-0.1, -0.05) is 23.7 Å². The zero-order valence-corrected chi connectivity index (χ0v) is 14.0. The summed E-state index contributed by atoms with van der Waals surface area (Å²) < 4.78 is 2.57. The molecule has 20 heavy (non-hydrogen) atoms. The van der Waals surface area contributed by atoms with Crippen LogP contribution in [0.3, 0.4) is 0 Å². The second kappa shape index (κ2) is 5.04. The molecule has 0 aliphatic carbocycles. The molecule has 6 heteroatoms. The van der Waals surface area contributed by atoms with E-state index < -0.39 is 0 Å². The molecule has 1 aliphatic heterocycles. The third-order valence-corrected chi connectivity index (χ3v) is 4.72. The van der Waals surface area contributed by atoms with Gasteiger partial charge in [0.1, 0.15) is 3.70 Å². The smallest absolute Gasteiger partial charge is 0.259 e. The highest BCUT2D eigenvalue weighted by Gasteiger charge is 2.35. The predicted octanol–water partition coefficient (Wildman–Crippen LogP) is 3.49. The molecule has 0 radical (unpaired) electrons. The lowest BCUT2D eigenvalue weighted by Gasteiger charge is -2.20. The van der Waals surface area contributed by atoms with Crippen LogP contribution in [0.4, 0.5) is 0 Å². The average Bonchev–Trinajstić information content (AvgIpc) is 2.89. The minimum absolute atomic E-state index is 0.0534. The van der Waals surface area contributed by atoms with Gasteiger partial charge in [-0.05, 0) is 48.6 Å². The molecule has 104 valence electrons. The first-order valence-electron chi connectivity index (χ1n) is 6.34. The molecular formula is C14H13ClIN3O. The number of halogens is 2. The first-order valence-corrected chi connectivity index (χ1v) is 7.79. The van der Waals surface area contributed by atoms with E-state index in [9.17, 15) is 4.79 Å². The highest BCUT2D eigenvalue weighted by atomic mass is 127. The van der Waals surface area contributed by atoms with E-state index in [1.54, 1.807) is 4.68 Å². The maximum Gasteiger partial charge on any atom is 0.259 e. The molecule has 1 aliphatic rings. The van der Waals surface area contributed by atoms with Gasteiger partial charge in [-0.3, -0.25) is 4.79 Å². The summed E-state index contributed by atoms with van der Waals surface area (Å²) >= 11 is 8.37. The Hall–Kier alpha value is -1.08. The van der Waals surface area contributed by atoms with Crippen LogP contribution in [0, 0.1) is 3.70 Å². The highest BCUT2D eigenvalue weighted by Crippen LogP contribution is 2.31. The maximum atomic E-state index is 12.4. The van der Waals surface area contributed by atoms with Gasteiger partial charge in [0.2, 0.25) is 0 Å². The van der Waals surface area contributed by atoms with Gasteiger partial charge >= 0.3 is 0 Å². The summed E-state index contributed by atoms with van der Waals surface area (Å²) in [5, 5.41) is 5.19. The van der Waals surface area contributed by atoms with Gasteiger partial charge in [0.15, 0.2) is 0 Å². The summed E-state index contributed by atoms with van der Waals surface area (Å²) in [4.78, 5) is 14.3. The van der Waals surface area contributed by atoms with E-state index >= 15 is 0 Å². The predicted molar refractivity (Wildman–Crippen MR) is 86.3 cm³/mol. The van der Waals surface area contributed by atoms with Crippen molar-refractivity contribution in [1.29, 1.82) is 0 Å². The van der Waals surface area contributed by atoms with Crippen LogP contribution in [0.5, 0.6) is 0 Å². The molecule has 3 rings (SSSR count). The molecule has 0 N–H and O–H groups in total. The first kappa shape index (κ1) is 13.9. The van der Waals surface area contributed by atoms with E-state index in [4.69, 9.17) is 11.6 Å². The molecule has 0 unspecified atom stereocenters. The first-order chi connectivity index (χ1) is 9.50. The number of nitrogens with zero attached hydrogens (tertiary/aromatic N) is 3. The van der Waals surface area contributed by atoms with Crippen molar-refractivity contribution in [3.63, 3.8) is 0 Å². The lowest BCUT2D eigenvalue weighted by Crippen LogP contribution is -2.31. The summed E-state index contributed by atoms with van der Waals surface area (Å²) in [5.74, 6) is 0.0534. The Kier molecular flexibility index (Phi) is 3.50. The standard InChI is InChI=1S/C14H13ClIN3O/c1-8(2)18-7-10-12(14(18)20)13(16)19(17-10)11-6-4-3-5-9(11)15/h3-6,8H,7H2,1-2H3. The third-order valence-electron chi connectivity index (χ3n) is 3.40. The second-order valence-electron chi connectivity index (χ2n) is 5.00. The number of carbonyl (C=O) groups is 1. The largest absolute Gasteiger partial charge is 0.330 e. The molecule has 2 aromatic rings. The van der Waals surface area contributed by atoms with E-state index in [1.807, 2.05) is 43.0 Å². The Bertz CT molecular complexity index is 696. The van der Waals surface area contributed by atoms with Crippen LogP contribution in [0.1, 0.15) is 29.9 Å². The van der Waals surface area contributed by atoms with E-state index in [0.717, 1.165) is 15.1 Å². The Balaban J connectivity index is 2.09. The van der Waals surface area contributed by atoms with Gasteiger partial charge in [-0.25, -0.2) is 4.68 Å². The Labute approximate surface area is 135 Å². The number of para-hydroxylation sites is 1. The van der Waals surface area contributed by atoms with Crippen molar-refractivity contribution >= 4 is 40.1 Å². The van der Waals surface area contributed by atoms with Crippen molar-refractivity contribution in [2.75, 3.05) is 0 Å². The van der Waals surface area contributed by atoms with Crippen molar-refractivity contribution in [2.45, 2.75) is 26.4 Å². The van der Waals surface area contributed by atoms with E-state index in [0.29, 0.717) is 17.1 Å². The number of aromatic nitrogens is 2. The summed E-state index contributed by atoms with van der Waals surface area (Å²) in [6.45, 7) is 4.59. The molecule has 0 saturated heterocycles. The number of fused-ring (bicyclic) bond motifs is 1. The van der Waals surface area contributed by atoms with Crippen LogP contribution < -0.4 is 0 Å². The molecule has 0 atom stereocenters. The minimum atomic E-state index is 0.0534. The van der Waals surface area contributed by atoms with Crippen molar-refractivity contribution in [3.8, 4) is 5.69 Å². The third kappa shape index (κ3) is 2.03. The Morgan fingerprint density at radius 1 is 1.35 bits per heavy atom. The van der Waals surface area contributed by atoms with Crippen LogP contribution in [0.25, 0.3) is 5.69 Å². The molecule has 2 heterocycles. The van der Waals surface area contributed by atoms with Crippen LogP contribution in [0.15, 0.2) is 24.3 Å². The topological polar surface area (TPSA) is 38.1 Å². The molecule has 1 aromatic heterocycles. The normalized spacial score (nSPS) is 14.2. The SMILES string of the molecule is CC(C)N1Cc2nn(-c3ccccc3Cl)c(I)c2C1=O. The summed E-state index contributed by atoms with van der Waals surface area (Å²) in [6.07, 6.45) is 0. The number of rotatable bonds is 2. The lowest BCUT2D eigenvalue weighted by atomic mass is 10.3. The molecule has 0 saturated carbocycles. The molecule has 0 spiro atoms. The molecule has 1 aromatic carbocycles. The van der Waals surface area contributed by atoms with Crippen LogP contribution in [-0.2, 0) is 6.54 Å². The molecular weight excluding hydrogens is 389 g/mol. The van der Waals surface area contributed by atoms with Crippen LogP contribution >= 0.6 is 34.2 Å². The van der Waals surface area contributed by atoms with Crippen molar-refractivity contribution in [2.24, 2.45) is 0 Å². The van der Waals surface area contributed by atoms with Crippen molar-refractivity contribution < 1.29 is 4.79 Å². The fourth-order valence-electron chi connectivity index (χ4n) is 2.34. The fourth-order valence-corrected chi connectivity index (χ4v) is 3.46. The Morgan fingerprint density at radius 3 is 2.65 bits per heavy atom. The quantitative estimate of drug-likeness (QED) is 0.723. The van der Waals surface area contributed by atoms with Crippen molar-refractivity contribution in [3.05, 3.63) is 44.2 Å². The minimum Gasteiger partial charge on any atom is -0.330 e. The number of benzene rings is 1. The van der Waals surface area contributed by atoms with Gasteiger partial charge in [0, 0.05) is 6.04 Å². The number of amides is 1. The second-order valence-corrected chi connectivity index (χ2v) is 6.43. The van der Waals surface area contributed by atoms with Crippen LogP contribution in [-0.4, -0.2) is 26.6 Å². The summed E-state index contributed by atoms with van der Waals surface area (Å²) in [6, 6.07) is 7.69. The lowest BCUT2D eigenvalue weighted by molar-refractivity contribution is 0.0727. The maximum absolute atomic E-state index is 12.4. The fraction of sp³-hybridized carbons (Fsp3) is 0.286. The molecule has 4 nitrogen and oxygen atoms in total. The number of carbonyl (C=O) groups excluding carboxylic acids is 1. The monoisotopic (exact) mass is 401 g/mol. The molecule has 0 fully saturated rings. The number of hydrogen-bond donors (Lipinski definition) is 0. The molecule has 0 bridgehead atoms. The highest BCUT2D eigenvalue weighted by molar-refractivity contribution is 14.1. The van der Waals surface area contributed by atoms with Gasteiger partial charge in [-0.15, -0.1) is 0 Å². The van der Waals surface area contributed by atoms with E-state index in [2.05, 4.69) is 27.7 Å². The summed E-state index contributed by atoms with van der Waals surface area (Å²) in [7, 11) is 0. The van der Waals surface area contributed by atoms with Gasteiger partial charge in [0.25, 0.3) is 5.91 Å². The van der Waals surface area contributed by atoms with E-state index in [1.165, 1.54) is 0 Å². The van der Waals surface area contributed by atoms with Gasteiger partial charge in [-0.2, -0.15) is 5.10 Å². The van der Waals surface area contributed by atoms with Crippen LogP contribution in [0.2, 0.25) is 5.02 Å². The van der Waals surface area contributed by atoms with Gasteiger partial charge in [0.05, 0.1) is 28.5 Å². The number of hydrogen-bond acceptors (Lipinski definition) is 2. The van der Waals surface area contributed by atoms with Crippen molar-refractivity contribution in [1.82, 2.24) is 14.7 Å². The van der Waals surface area contributed by atoms with Gasteiger partial charge < -0.3 is 4.90 Å². The zero-order valence-electron chi connectivity index (χ0n) is 11.1. The van der Waals surface area contributed by atoms with E-state index in [-0.39, 0.29) is 11.9 Å².